The molecule has 1 heterocycles. The first kappa shape index (κ1) is 17.9. The van der Waals surface area contributed by atoms with Crippen molar-refractivity contribution in [3.63, 3.8) is 0 Å². The lowest BCUT2D eigenvalue weighted by atomic mass is 10.1. The molecule has 9 heteroatoms. The smallest absolute Gasteiger partial charge is 0.343 e. The van der Waals surface area contributed by atoms with E-state index in [1.54, 1.807) is 12.1 Å². The van der Waals surface area contributed by atoms with Crippen LogP contribution >= 0.6 is 46.4 Å². The number of aromatic carboxylic acids is 1. The number of benzene rings is 2. The molecule has 128 valence electrons. The van der Waals surface area contributed by atoms with E-state index < -0.39 is 17.0 Å². The number of H-pyrrole nitrogens is 1. The van der Waals surface area contributed by atoms with Gasteiger partial charge in [0.2, 0.25) is 5.43 Å². The molecule has 1 aromatic heterocycles. The summed E-state index contributed by atoms with van der Waals surface area (Å²) in [6.07, 6.45) is 0. The molecule has 0 saturated heterocycles. The molecule has 0 aliphatic carbocycles. The van der Waals surface area contributed by atoms with E-state index in [9.17, 15) is 14.7 Å². The molecule has 0 unspecified atom stereocenters. The molecule has 3 rings (SSSR count). The molecule has 0 radical (unpaired) electrons. The van der Waals surface area contributed by atoms with E-state index in [0.29, 0.717) is 10.7 Å². The number of anilines is 2. The van der Waals surface area contributed by atoms with E-state index in [1.165, 1.54) is 18.2 Å². The van der Waals surface area contributed by atoms with Crippen molar-refractivity contribution in [1.82, 2.24) is 4.98 Å². The number of carboxylic acids is 1. The molecule has 0 bridgehead atoms. The fourth-order valence-electron chi connectivity index (χ4n) is 2.34. The van der Waals surface area contributed by atoms with Gasteiger partial charge in [0.25, 0.3) is 0 Å². The summed E-state index contributed by atoms with van der Waals surface area (Å²) in [6, 6.07) is 7.41. The van der Waals surface area contributed by atoms with Crippen LogP contribution in [0.1, 0.15) is 10.4 Å². The third kappa shape index (κ3) is 3.41. The summed E-state index contributed by atoms with van der Waals surface area (Å²) in [7, 11) is 0. The van der Waals surface area contributed by atoms with Crippen LogP contribution in [0.3, 0.4) is 0 Å². The van der Waals surface area contributed by atoms with Crippen molar-refractivity contribution in [3.8, 4) is 0 Å². The number of carbonyl (C=O) groups is 1. The second kappa shape index (κ2) is 6.77. The molecule has 0 amide bonds. The summed E-state index contributed by atoms with van der Waals surface area (Å²) in [4.78, 5) is 27.0. The first-order chi connectivity index (χ1) is 11.8. The van der Waals surface area contributed by atoms with Crippen molar-refractivity contribution < 1.29 is 9.90 Å². The topological polar surface area (TPSA) is 82.2 Å². The Hall–Kier alpha value is -1.92. The van der Waals surface area contributed by atoms with Crippen LogP contribution in [0.25, 0.3) is 10.9 Å². The number of hydrogen-bond acceptors (Lipinski definition) is 3. The van der Waals surface area contributed by atoms with Gasteiger partial charge in [-0.15, -0.1) is 0 Å². The maximum Gasteiger partial charge on any atom is 0.343 e. The van der Waals surface area contributed by atoms with Crippen molar-refractivity contribution in [1.29, 1.82) is 0 Å². The van der Waals surface area contributed by atoms with Gasteiger partial charge < -0.3 is 15.4 Å². The van der Waals surface area contributed by atoms with Crippen LogP contribution in [0, 0.1) is 0 Å². The van der Waals surface area contributed by atoms with E-state index >= 15 is 0 Å². The largest absolute Gasteiger partial charge is 0.477 e. The minimum atomic E-state index is -1.41. The van der Waals surface area contributed by atoms with Crippen molar-refractivity contribution in [2.24, 2.45) is 0 Å². The molecule has 5 nitrogen and oxygen atoms in total. The number of nitrogens with one attached hydrogen (secondary N) is 2. The Bertz CT molecular complexity index is 1080. The van der Waals surface area contributed by atoms with Gasteiger partial charge in [-0.2, -0.15) is 0 Å². The Morgan fingerprint density at radius 1 is 1.00 bits per heavy atom. The van der Waals surface area contributed by atoms with Crippen LogP contribution in [0.2, 0.25) is 20.1 Å². The molecule has 3 N–H and O–H groups in total. The molecule has 0 fully saturated rings. The maximum absolute atomic E-state index is 12.6. The second-order valence-corrected chi connectivity index (χ2v) is 6.76. The lowest BCUT2D eigenvalue weighted by Gasteiger charge is -2.13. The predicted molar refractivity (Wildman–Crippen MR) is 101 cm³/mol. The minimum Gasteiger partial charge on any atom is -0.477 e. The third-order valence-corrected chi connectivity index (χ3v) is 4.50. The molecule has 0 aliphatic heterocycles. The van der Waals surface area contributed by atoms with Gasteiger partial charge in [-0.1, -0.05) is 46.4 Å². The highest BCUT2D eigenvalue weighted by molar-refractivity contribution is 6.38. The first-order valence-corrected chi connectivity index (χ1v) is 8.29. The molecule has 2 aromatic carbocycles. The maximum atomic E-state index is 12.6. The summed E-state index contributed by atoms with van der Waals surface area (Å²) in [5.41, 5.74) is -0.586. The van der Waals surface area contributed by atoms with Crippen molar-refractivity contribution in [2.45, 2.75) is 0 Å². The molecule has 25 heavy (non-hydrogen) atoms. The summed E-state index contributed by atoms with van der Waals surface area (Å²) in [6.45, 7) is 0. The zero-order valence-electron chi connectivity index (χ0n) is 12.2. The Morgan fingerprint density at radius 2 is 1.68 bits per heavy atom. The highest BCUT2D eigenvalue weighted by Gasteiger charge is 2.20. The Morgan fingerprint density at radius 3 is 2.32 bits per heavy atom. The lowest BCUT2D eigenvalue weighted by molar-refractivity contribution is 0.0696. The molecule has 0 atom stereocenters. The second-order valence-electron chi connectivity index (χ2n) is 5.07. The summed E-state index contributed by atoms with van der Waals surface area (Å²) < 4.78 is 0. The Kier molecular flexibility index (Phi) is 4.84. The van der Waals surface area contributed by atoms with E-state index in [1.807, 2.05) is 0 Å². The van der Waals surface area contributed by atoms with Gasteiger partial charge in [-0.25, -0.2) is 4.79 Å². The average molecular weight is 418 g/mol. The van der Waals surface area contributed by atoms with Gasteiger partial charge in [0.15, 0.2) is 0 Å². The van der Waals surface area contributed by atoms with Crippen LogP contribution in [0.5, 0.6) is 0 Å². The zero-order valence-corrected chi connectivity index (χ0v) is 15.2. The Balaban J connectivity index is 2.28. The Labute approximate surface area is 161 Å². The highest BCUT2D eigenvalue weighted by Crippen LogP contribution is 2.31. The number of carboxylic acid groups (broad SMARTS) is 1. The van der Waals surface area contributed by atoms with Crippen LogP contribution < -0.4 is 10.7 Å². The fraction of sp³-hybridized carbons (Fsp3) is 0. The third-order valence-electron chi connectivity index (χ3n) is 3.43. The standard InChI is InChI=1S/C16H8Cl4N2O3/c17-6-1-2-11(9(19)4-6)21-15-12(16(24)25)14(23)8-3-7(18)5-10(20)13(8)22-15/h1-5H,(H,24,25)(H2,21,22,23). The van der Waals surface area contributed by atoms with E-state index in [2.05, 4.69) is 10.3 Å². The number of rotatable bonds is 3. The number of pyridine rings is 1. The number of aromatic amines is 1. The summed E-state index contributed by atoms with van der Waals surface area (Å²) >= 11 is 24.0. The number of hydrogen-bond donors (Lipinski definition) is 3. The van der Waals surface area contributed by atoms with Gasteiger partial charge in [-0.05, 0) is 30.3 Å². The van der Waals surface area contributed by atoms with Crippen molar-refractivity contribution in [2.75, 3.05) is 5.32 Å². The summed E-state index contributed by atoms with van der Waals surface area (Å²) in [5.74, 6) is -1.47. The van der Waals surface area contributed by atoms with Gasteiger partial charge in [0.1, 0.15) is 11.4 Å². The average Bonchev–Trinajstić information content (AvgIpc) is 2.51. The van der Waals surface area contributed by atoms with Crippen LogP contribution in [-0.4, -0.2) is 16.1 Å². The monoisotopic (exact) mass is 416 g/mol. The SMILES string of the molecule is O=C(O)c1c(Nc2ccc(Cl)cc2Cl)[nH]c2c(Cl)cc(Cl)cc2c1=O. The molecule has 3 aromatic rings. The van der Waals surface area contributed by atoms with Crippen molar-refractivity contribution in [3.05, 3.63) is 66.2 Å². The van der Waals surface area contributed by atoms with Gasteiger partial charge in [-0.3, -0.25) is 4.79 Å². The van der Waals surface area contributed by atoms with E-state index in [4.69, 9.17) is 46.4 Å². The fourth-order valence-corrected chi connectivity index (χ4v) is 3.34. The molecular weight excluding hydrogens is 410 g/mol. The normalized spacial score (nSPS) is 10.9. The zero-order chi connectivity index (χ0) is 18.3. The summed E-state index contributed by atoms with van der Waals surface area (Å²) in [5, 5.41) is 13.4. The molecule has 0 aliphatic rings. The van der Waals surface area contributed by atoms with Gasteiger partial charge in [0.05, 0.1) is 21.2 Å². The highest BCUT2D eigenvalue weighted by atomic mass is 35.5. The lowest BCUT2D eigenvalue weighted by Crippen LogP contribution is -2.19. The van der Waals surface area contributed by atoms with Crippen molar-refractivity contribution >= 4 is 74.8 Å². The number of aromatic nitrogens is 1. The predicted octanol–water partition coefficient (Wildman–Crippen LogP) is 5.58. The van der Waals surface area contributed by atoms with E-state index in [0.717, 1.165) is 0 Å². The van der Waals surface area contributed by atoms with Crippen LogP contribution in [0.4, 0.5) is 11.5 Å². The molecule has 0 spiro atoms. The quantitative estimate of drug-likeness (QED) is 0.519. The van der Waals surface area contributed by atoms with E-state index in [-0.39, 0.29) is 31.8 Å². The van der Waals surface area contributed by atoms with Crippen LogP contribution in [0.15, 0.2) is 35.1 Å². The van der Waals surface area contributed by atoms with Gasteiger partial charge in [0, 0.05) is 15.4 Å². The number of fused-ring (bicyclic) bond motifs is 1. The number of halogens is 4. The molecular formula is C16H8Cl4N2O3. The minimum absolute atomic E-state index is 0.0570. The first-order valence-electron chi connectivity index (χ1n) is 6.78. The van der Waals surface area contributed by atoms with Crippen LogP contribution in [-0.2, 0) is 0 Å². The molecule has 0 saturated carbocycles. The van der Waals surface area contributed by atoms with Gasteiger partial charge >= 0.3 is 5.97 Å².